The van der Waals surface area contributed by atoms with Crippen molar-refractivity contribution in [2.24, 2.45) is 0 Å². The molecule has 0 atom stereocenters. The average Bonchev–Trinajstić information content (AvgIpc) is 2.56. The summed E-state index contributed by atoms with van der Waals surface area (Å²) in [7, 11) is 0. The molecular formula is C11H11N3O3S. The Morgan fingerprint density at radius 3 is 2.56 bits per heavy atom. The lowest BCUT2D eigenvalue weighted by molar-refractivity contribution is 0.0689. The first-order valence-corrected chi connectivity index (χ1v) is 5.98. The van der Waals surface area contributed by atoms with Gasteiger partial charge in [-0.3, -0.25) is 0 Å². The van der Waals surface area contributed by atoms with Gasteiger partial charge in [0.15, 0.2) is 10.9 Å². The number of carboxylic acids is 1. The summed E-state index contributed by atoms with van der Waals surface area (Å²) in [6.45, 7) is 5.36. The first-order chi connectivity index (χ1) is 8.45. The van der Waals surface area contributed by atoms with Crippen molar-refractivity contribution < 1.29 is 14.3 Å². The topological polar surface area (TPSA) is 89.1 Å². The Morgan fingerprint density at radius 2 is 2.00 bits per heavy atom. The number of carbonyl (C=O) groups is 1. The number of oxazole rings is 1. The van der Waals surface area contributed by atoms with Crippen molar-refractivity contribution in [3.05, 3.63) is 28.9 Å². The van der Waals surface area contributed by atoms with Gasteiger partial charge in [-0.15, -0.1) is 0 Å². The monoisotopic (exact) mass is 265 g/mol. The van der Waals surface area contributed by atoms with Crippen LogP contribution in [0.3, 0.4) is 0 Å². The summed E-state index contributed by atoms with van der Waals surface area (Å²) in [4.78, 5) is 23.1. The van der Waals surface area contributed by atoms with Crippen LogP contribution in [0.2, 0.25) is 0 Å². The molecule has 0 amide bonds. The molecule has 6 nitrogen and oxygen atoms in total. The van der Waals surface area contributed by atoms with Gasteiger partial charge in [-0.1, -0.05) is 0 Å². The molecule has 2 aromatic rings. The Kier molecular flexibility index (Phi) is 3.33. The van der Waals surface area contributed by atoms with Gasteiger partial charge in [-0.05, 0) is 26.8 Å². The molecule has 2 rings (SSSR count). The average molecular weight is 265 g/mol. The van der Waals surface area contributed by atoms with Crippen LogP contribution in [-0.4, -0.2) is 26.0 Å². The number of aromatic carboxylic acids is 1. The maximum absolute atomic E-state index is 10.9. The third kappa shape index (κ3) is 2.67. The van der Waals surface area contributed by atoms with E-state index in [0.717, 1.165) is 23.2 Å². The summed E-state index contributed by atoms with van der Waals surface area (Å²) >= 11 is 1.10. The molecular weight excluding hydrogens is 254 g/mol. The first-order valence-electron chi connectivity index (χ1n) is 5.16. The first kappa shape index (κ1) is 12.6. The highest BCUT2D eigenvalue weighted by Gasteiger charge is 2.13. The van der Waals surface area contributed by atoms with Crippen LogP contribution in [0.4, 0.5) is 0 Å². The molecule has 94 valence electrons. The summed E-state index contributed by atoms with van der Waals surface area (Å²) in [6, 6.07) is 1.42. The summed E-state index contributed by atoms with van der Waals surface area (Å²) in [5.74, 6) is -0.356. The minimum atomic E-state index is -1.08. The SMILES string of the molecule is Cc1cc(C(=O)O)nc(Sc2nc(C)c(C)o2)n1. The zero-order valence-corrected chi connectivity index (χ0v) is 10.9. The van der Waals surface area contributed by atoms with E-state index in [1.165, 1.54) is 6.07 Å². The number of rotatable bonds is 3. The van der Waals surface area contributed by atoms with Crippen LogP contribution >= 0.6 is 11.8 Å². The molecule has 0 spiro atoms. The lowest BCUT2D eigenvalue weighted by Crippen LogP contribution is -2.03. The third-order valence-electron chi connectivity index (χ3n) is 2.24. The molecule has 0 radical (unpaired) electrons. The van der Waals surface area contributed by atoms with E-state index >= 15 is 0 Å². The fraction of sp³-hybridized carbons (Fsp3) is 0.273. The number of hydrogen-bond donors (Lipinski definition) is 1. The molecule has 0 saturated carbocycles. The van der Waals surface area contributed by atoms with Crippen molar-refractivity contribution in [1.82, 2.24) is 15.0 Å². The molecule has 0 saturated heterocycles. The summed E-state index contributed by atoms with van der Waals surface area (Å²) in [5.41, 5.74) is 1.35. The van der Waals surface area contributed by atoms with E-state index in [1.807, 2.05) is 13.8 Å². The maximum Gasteiger partial charge on any atom is 0.354 e. The Morgan fingerprint density at radius 1 is 1.28 bits per heavy atom. The van der Waals surface area contributed by atoms with Crippen LogP contribution in [0.25, 0.3) is 0 Å². The lowest BCUT2D eigenvalue weighted by atomic mass is 10.3. The molecule has 0 aliphatic carbocycles. The fourth-order valence-electron chi connectivity index (χ4n) is 1.26. The van der Waals surface area contributed by atoms with Gasteiger partial charge in [-0.2, -0.15) is 0 Å². The van der Waals surface area contributed by atoms with Gasteiger partial charge in [-0.25, -0.2) is 19.7 Å². The van der Waals surface area contributed by atoms with Crippen molar-refractivity contribution in [2.75, 3.05) is 0 Å². The zero-order chi connectivity index (χ0) is 13.3. The Hall–Kier alpha value is -1.89. The molecule has 0 fully saturated rings. The van der Waals surface area contributed by atoms with Crippen LogP contribution in [0.15, 0.2) is 20.9 Å². The van der Waals surface area contributed by atoms with Crippen LogP contribution in [0.5, 0.6) is 0 Å². The van der Waals surface area contributed by atoms with Crippen LogP contribution in [0, 0.1) is 20.8 Å². The van der Waals surface area contributed by atoms with Gasteiger partial charge < -0.3 is 9.52 Å². The minimum absolute atomic E-state index is 0.0370. The Bertz CT molecular complexity index is 590. The van der Waals surface area contributed by atoms with Crippen molar-refractivity contribution in [3.63, 3.8) is 0 Å². The van der Waals surface area contributed by atoms with E-state index < -0.39 is 5.97 Å². The quantitative estimate of drug-likeness (QED) is 0.851. The molecule has 2 heterocycles. The highest BCUT2D eigenvalue weighted by molar-refractivity contribution is 7.98. The largest absolute Gasteiger partial charge is 0.477 e. The number of aryl methyl sites for hydroxylation is 3. The van der Waals surface area contributed by atoms with Crippen molar-refractivity contribution in [2.45, 2.75) is 31.2 Å². The predicted octanol–water partition coefficient (Wildman–Crippen LogP) is 2.24. The van der Waals surface area contributed by atoms with E-state index in [-0.39, 0.29) is 5.69 Å². The number of hydrogen-bond acceptors (Lipinski definition) is 6. The standard InChI is InChI=1S/C11H11N3O3S/c1-5-4-8(9(15)16)14-10(12-5)18-11-13-6(2)7(3)17-11/h4H,1-3H3,(H,15,16). The van der Waals surface area contributed by atoms with E-state index in [9.17, 15) is 4.79 Å². The van der Waals surface area contributed by atoms with Crippen LogP contribution in [-0.2, 0) is 0 Å². The molecule has 0 aliphatic rings. The van der Waals surface area contributed by atoms with Crippen molar-refractivity contribution >= 4 is 17.7 Å². The van der Waals surface area contributed by atoms with Crippen LogP contribution < -0.4 is 0 Å². The normalized spacial score (nSPS) is 10.6. The molecule has 0 unspecified atom stereocenters. The molecule has 0 aromatic carbocycles. The second-order valence-corrected chi connectivity index (χ2v) is 4.62. The second kappa shape index (κ2) is 4.77. The predicted molar refractivity (Wildman–Crippen MR) is 63.8 cm³/mol. The highest BCUT2D eigenvalue weighted by Crippen LogP contribution is 2.25. The zero-order valence-electron chi connectivity index (χ0n) is 10.1. The van der Waals surface area contributed by atoms with Crippen molar-refractivity contribution in [1.29, 1.82) is 0 Å². The molecule has 7 heteroatoms. The minimum Gasteiger partial charge on any atom is -0.477 e. The van der Waals surface area contributed by atoms with Gasteiger partial charge in [0.05, 0.1) is 5.69 Å². The smallest absolute Gasteiger partial charge is 0.354 e. The summed E-state index contributed by atoms with van der Waals surface area (Å²) in [6.07, 6.45) is 0. The van der Waals surface area contributed by atoms with E-state index in [2.05, 4.69) is 15.0 Å². The number of aromatic nitrogens is 3. The molecule has 18 heavy (non-hydrogen) atoms. The Labute approximate surface area is 107 Å². The third-order valence-corrected chi connectivity index (χ3v) is 2.95. The van der Waals surface area contributed by atoms with E-state index in [0.29, 0.717) is 16.1 Å². The van der Waals surface area contributed by atoms with E-state index in [1.54, 1.807) is 6.92 Å². The van der Waals surface area contributed by atoms with E-state index in [4.69, 9.17) is 9.52 Å². The van der Waals surface area contributed by atoms with Gasteiger partial charge in [0.1, 0.15) is 5.76 Å². The molecule has 2 aromatic heterocycles. The van der Waals surface area contributed by atoms with Crippen LogP contribution in [0.1, 0.15) is 27.6 Å². The van der Waals surface area contributed by atoms with Gasteiger partial charge in [0, 0.05) is 17.5 Å². The molecule has 0 bridgehead atoms. The lowest BCUT2D eigenvalue weighted by Gasteiger charge is -2.00. The second-order valence-electron chi connectivity index (χ2n) is 3.71. The molecule has 0 aliphatic heterocycles. The number of nitrogens with zero attached hydrogens (tertiary/aromatic N) is 3. The maximum atomic E-state index is 10.9. The summed E-state index contributed by atoms with van der Waals surface area (Å²) in [5, 5.41) is 9.63. The van der Waals surface area contributed by atoms with Crippen molar-refractivity contribution in [3.8, 4) is 0 Å². The summed E-state index contributed by atoms with van der Waals surface area (Å²) < 4.78 is 5.38. The highest BCUT2D eigenvalue weighted by atomic mass is 32.2. The fourth-order valence-corrected chi connectivity index (χ4v) is 2.10. The number of carboxylic acid groups (broad SMARTS) is 1. The van der Waals surface area contributed by atoms with Gasteiger partial charge >= 0.3 is 5.97 Å². The molecule has 1 N–H and O–H groups in total. The Balaban J connectivity index is 2.31. The van der Waals surface area contributed by atoms with Gasteiger partial charge in [0.25, 0.3) is 5.22 Å². The van der Waals surface area contributed by atoms with Gasteiger partial charge in [0.2, 0.25) is 0 Å².